The minimum absolute atomic E-state index is 0.0878. The molecule has 0 atom stereocenters. The van der Waals surface area contributed by atoms with E-state index in [0.29, 0.717) is 12.3 Å². The lowest BCUT2D eigenvalue weighted by molar-refractivity contribution is 0.298. The molecule has 1 aromatic heterocycles. The molecule has 0 radical (unpaired) electrons. The van der Waals surface area contributed by atoms with E-state index in [1.54, 1.807) is 6.26 Å². The van der Waals surface area contributed by atoms with Gasteiger partial charge in [0.2, 0.25) is 5.89 Å². The molecule has 0 amide bonds. The number of halogens is 1. The standard InChI is InChI=1S/C11H10BrNO2.C2H6/c12-9-3-1-2-8(6-9)11-13-10(4-5-14)7-15-11;1-2/h1-3,6-7,14H,4-5H2;1-2H3. The van der Waals surface area contributed by atoms with Crippen LogP contribution in [0, 0.1) is 0 Å². The van der Waals surface area contributed by atoms with E-state index in [0.717, 1.165) is 15.7 Å². The van der Waals surface area contributed by atoms with Crippen LogP contribution in [-0.4, -0.2) is 16.7 Å². The first kappa shape index (κ1) is 13.9. The van der Waals surface area contributed by atoms with Crippen LogP contribution < -0.4 is 0 Å². The molecule has 0 fully saturated rings. The summed E-state index contributed by atoms with van der Waals surface area (Å²) in [6, 6.07) is 7.74. The Labute approximate surface area is 110 Å². The van der Waals surface area contributed by atoms with Crippen molar-refractivity contribution in [3.8, 4) is 11.5 Å². The van der Waals surface area contributed by atoms with Gasteiger partial charge in [0.15, 0.2) is 0 Å². The molecule has 0 aliphatic rings. The quantitative estimate of drug-likeness (QED) is 0.940. The molecule has 1 heterocycles. The van der Waals surface area contributed by atoms with E-state index >= 15 is 0 Å². The molecule has 0 aliphatic carbocycles. The Morgan fingerprint density at radius 1 is 1.35 bits per heavy atom. The zero-order chi connectivity index (χ0) is 12.7. The molecule has 0 unspecified atom stereocenters. The fourth-order valence-electron chi connectivity index (χ4n) is 1.29. The first-order chi connectivity index (χ1) is 8.29. The van der Waals surface area contributed by atoms with Crippen molar-refractivity contribution < 1.29 is 9.52 Å². The lowest BCUT2D eigenvalue weighted by atomic mass is 10.2. The van der Waals surface area contributed by atoms with Gasteiger partial charge in [0.05, 0.1) is 5.69 Å². The summed E-state index contributed by atoms with van der Waals surface area (Å²) in [6.07, 6.45) is 2.10. The van der Waals surface area contributed by atoms with Crippen LogP contribution in [0.4, 0.5) is 0 Å². The van der Waals surface area contributed by atoms with Crippen molar-refractivity contribution in [2.75, 3.05) is 6.61 Å². The Kier molecular flexibility index (Phi) is 5.94. The minimum atomic E-state index is 0.0878. The van der Waals surface area contributed by atoms with Gasteiger partial charge < -0.3 is 9.52 Å². The molecule has 0 saturated carbocycles. The molecular weight excluding hydrogens is 282 g/mol. The zero-order valence-corrected chi connectivity index (χ0v) is 11.6. The first-order valence-electron chi connectivity index (χ1n) is 5.61. The zero-order valence-electron chi connectivity index (χ0n) is 9.98. The number of aliphatic hydroxyl groups excluding tert-OH is 1. The van der Waals surface area contributed by atoms with Crippen LogP contribution in [0.5, 0.6) is 0 Å². The minimum Gasteiger partial charge on any atom is -0.444 e. The summed E-state index contributed by atoms with van der Waals surface area (Å²) < 4.78 is 6.30. The Bertz CT molecular complexity index is 454. The highest BCUT2D eigenvalue weighted by molar-refractivity contribution is 9.10. The Hall–Kier alpha value is -1.13. The van der Waals surface area contributed by atoms with E-state index in [-0.39, 0.29) is 6.61 Å². The molecule has 17 heavy (non-hydrogen) atoms. The molecule has 1 aromatic carbocycles. The van der Waals surface area contributed by atoms with Crippen molar-refractivity contribution in [3.63, 3.8) is 0 Å². The SMILES string of the molecule is CC.OCCc1coc(-c2cccc(Br)c2)n1. The van der Waals surface area contributed by atoms with E-state index in [1.807, 2.05) is 38.1 Å². The van der Waals surface area contributed by atoms with Gasteiger partial charge in [0.25, 0.3) is 0 Å². The maximum atomic E-state index is 8.75. The van der Waals surface area contributed by atoms with Crippen LogP contribution >= 0.6 is 15.9 Å². The summed E-state index contributed by atoms with van der Waals surface area (Å²) in [5, 5.41) is 8.75. The molecule has 2 rings (SSSR count). The number of oxazole rings is 1. The molecule has 2 aromatic rings. The number of aliphatic hydroxyl groups is 1. The van der Waals surface area contributed by atoms with Gasteiger partial charge in [-0.05, 0) is 18.2 Å². The Morgan fingerprint density at radius 3 is 2.76 bits per heavy atom. The van der Waals surface area contributed by atoms with Gasteiger partial charge >= 0.3 is 0 Å². The summed E-state index contributed by atoms with van der Waals surface area (Å²) in [7, 11) is 0. The topological polar surface area (TPSA) is 46.3 Å². The summed E-state index contributed by atoms with van der Waals surface area (Å²) >= 11 is 3.39. The summed E-state index contributed by atoms with van der Waals surface area (Å²) in [4.78, 5) is 4.26. The molecule has 3 nitrogen and oxygen atoms in total. The van der Waals surface area contributed by atoms with Gasteiger partial charge in [-0.15, -0.1) is 0 Å². The van der Waals surface area contributed by atoms with Gasteiger partial charge in [-0.2, -0.15) is 0 Å². The second kappa shape index (κ2) is 7.25. The molecule has 1 N–H and O–H groups in total. The maximum Gasteiger partial charge on any atom is 0.226 e. The average molecular weight is 298 g/mol. The monoisotopic (exact) mass is 297 g/mol. The van der Waals surface area contributed by atoms with Crippen molar-refractivity contribution in [3.05, 3.63) is 40.7 Å². The fourth-order valence-corrected chi connectivity index (χ4v) is 1.69. The number of aromatic nitrogens is 1. The predicted octanol–water partition coefficient (Wildman–Crippen LogP) is 3.67. The van der Waals surface area contributed by atoms with Crippen LogP contribution in [0.3, 0.4) is 0 Å². The molecule has 0 saturated heterocycles. The molecular formula is C13H16BrNO2. The van der Waals surface area contributed by atoms with Crippen LogP contribution in [0.2, 0.25) is 0 Å². The molecule has 0 bridgehead atoms. The molecule has 92 valence electrons. The van der Waals surface area contributed by atoms with Gasteiger partial charge in [0, 0.05) is 23.1 Å². The van der Waals surface area contributed by atoms with Gasteiger partial charge in [-0.3, -0.25) is 0 Å². The summed E-state index contributed by atoms with van der Waals surface area (Å²) in [6.45, 7) is 4.09. The Balaban J connectivity index is 0.000000686. The third-order valence-corrected chi connectivity index (χ3v) is 2.48. The lowest BCUT2D eigenvalue weighted by Gasteiger charge is -1.95. The van der Waals surface area contributed by atoms with E-state index in [9.17, 15) is 0 Å². The predicted molar refractivity (Wildman–Crippen MR) is 71.8 cm³/mol. The highest BCUT2D eigenvalue weighted by Gasteiger charge is 2.06. The third kappa shape index (κ3) is 3.98. The van der Waals surface area contributed by atoms with E-state index in [2.05, 4.69) is 20.9 Å². The number of hydrogen-bond acceptors (Lipinski definition) is 3. The average Bonchev–Trinajstić information content (AvgIpc) is 2.81. The van der Waals surface area contributed by atoms with Crippen molar-refractivity contribution in [1.29, 1.82) is 0 Å². The summed E-state index contributed by atoms with van der Waals surface area (Å²) in [5.74, 6) is 0.583. The maximum absolute atomic E-state index is 8.75. The summed E-state index contributed by atoms with van der Waals surface area (Å²) in [5.41, 5.74) is 1.70. The number of benzene rings is 1. The van der Waals surface area contributed by atoms with Gasteiger partial charge in [-0.25, -0.2) is 4.98 Å². The second-order valence-electron chi connectivity index (χ2n) is 3.13. The van der Waals surface area contributed by atoms with Crippen molar-refractivity contribution in [2.45, 2.75) is 20.3 Å². The second-order valence-corrected chi connectivity index (χ2v) is 4.04. The normalized spacial score (nSPS) is 9.65. The smallest absolute Gasteiger partial charge is 0.226 e. The molecule has 0 spiro atoms. The Morgan fingerprint density at radius 2 is 2.12 bits per heavy atom. The van der Waals surface area contributed by atoms with Gasteiger partial charge in [-0.1, -0.05) is 35.8 Å². The highest BCUT2D eigenvalue weighted by atomic mass is 79.9. The highest BCUT2D eigenvalue weighted by Crippen LogP contribution is 2.22. The van der Waals surface area contributed by atoms with Gasteiger partial charge in [0.1, 0.15) is 6.26 Å². The van der Waals surface area contributed by atoms with Crippen molar-refractivity contribution in [2.24, 2.45) is 0 Å². The van der Waals surface area contributed by atoms with E-state index < -0.39 is 0 Å². The number of hydrogen-bond donors (Lipinski definition) is 1. The van der Waals surface area contributed by atoms with Crippen LogP contribution in [0.15, 0.2) is 39.4 Å². The first-order valence-corrected chi connectivity index (χ1v) is 6.40. The number of rotatable bonds is 3. The molecule has 0 aliphatic heterocycles. The fraction of sp³-hybridized carbons (Fsp3) is 0.308. The van der Waals surface area contributed by atoms with E-state index in [4.69, 9.17) is 9.52 Å². The van der Waals surface area contributed by atoms with Crippen molar-refractivity contribution >= 4 is 15.9 Å². The lowest BCUT2D eigenvalue weighted by Crippen LogP contribution is -1.90. The van der Waals surface area contributed by atoms with Crippen LogP contribution in [0.25, 0.3) is 11.5 Å². The largest absolute Gasteiger partial charge is 0.444 e. The third-order valence-electron chi connectivity index (χ3n) is 1.99. The van der Waals surface area contributed by atoms with Crippen molar-refractivity contribution in [1.82, 2.24) is 4.98 Å². The van der Waals surface area contributed by atoms with Crippen LogP contribution in [0.1, 0.15) is 19.5 Å². The van der Waals surface area contributed by atoms with E-state index in [1.165, 1.54) is 0 Å². The number of nitrogens with zero attached hydrogens (tertiary/aromatic N) is 1. The van der Waals surface area contributed by atoms with Crippen LogP contribution in [-0.2, 0) is 6.42 Å². The molecule has 4 heteroatoms.